The molecule has 2 aliphatic rings. The molecule has 0 amide bonds. The lowest BCUT2D eigenvalue weighted by molar-refractivity contribution is 0.00566. The van der Waals surface area contributed by atoms with Crippen molar-refractivity contribution in [3.05, 3.63) is 0 Å². The first-order chi connectivity index (χ1) is 6.74. The van der Waals surface area contributed by atoms with Crippen molar-refractivity contribution in [2.75, 3.05) is 13.7 Å². The van der Waals surface area contributed by atoms with Crippen molar-refractivity contribution in [1.29, 1.82) is 0 Å². The molecule has 1 heterocycles. The van der Waals surface area contributed by atoms with E-state index < -0.39 is 0 Å². The molecule has 5 atom stereocenters. The highest BCUT2D eigenvalue weighted by atomic mass is 16.5. The van der Waals surface area contributed by atoms with Crippen molar-refractivity contribution < 1.29 is 14.6 Å². The fourth-order valence-electron chi connectivity index (χ4n) is 3.11. The Kier molecular flexibility index (Phi) is 3.10. The molecule has 0 spiro atoms. The molecule has 0 aromatic heterocycles. The maximum Gasteiger partial charge on any atom is 0.0830 e. The summed E-state index contributed by atoms with van der Waals surface area (Å²) in [5.41, 5.74) is 0. The van der Waals surface area contributed by atoms with Gasteiger partial charge in [-0.3, -0.25) is 0 Å². The minimum atomic E-state index is -0.286. The molecule has 14 heavy (non-hydrogen) atoms. The van der Waals surface area contributed by atoms with Crippen LogP contribution in [0.2, 0.25) is 0 Å². The van der Waals surface area contributed by atoms with E-state index >= 15 is 0 Å². The molecule has 3 heteroatoms. The third kappa shape index (κ3) is 1.69. The van der Waals surface area contributed by atoms with E-state index in [1.54, 1.807) is 7.11 Å². The largest absolute Gasteiger partial charge is 0.390 e. The van der Waals surface area contributed by atoms with Crippen molar-refractivity contribution in [3.8, 4) is 0 Å². The highest BCUT2D eigenvalue weighted by Gasteiger charge is 2.44. The molecule has 1 aliphatic carbocycles. The third-order valence-electron chi connectivity index (χ3n) is 3.82. The van der Waals surface area contributed by atoms with Crippen LogP contribution < -0.4 is 0 Å². The van der Waals surface area contributed by atoms with Crippen LogP contribution in [0, 0.1) is 11.8 Å². The van der Waals surface area contributed by atoms with E-state index in [0.717, 1.165) is 6.42 Å². The van der Waals surface area contributed by atoms with Crippen molar-refractivity contribution in [2.45, 2.75) is 44.5 Å². The van der Waals surface area contributed by atoms with Gasteiger partial charge in [0.05, 0.1) is 24.9 Å². The SMILES string of the molecule is COC1CCCC1C1C(O)COC1C. The predicted molar refractivity (Wildman–Crippen MR) is 53.0 cm³/mol. The summed E-state index contributed by atoms with van der Waals surface area (Å²) in [6, 6.07) is 0. The zero-order chi connectivity index (χ0) is 10.1. The van der Waals surface area contributed by atoms with E-state index in [9.17, 15) is 5.11 Å². The van der Waals surface area contributed by atoms with E-state index in [1.807, 2.05) is 0 Å². The van der Waals surface area contributed by atoms with Crippen molar-refractivity contribution in [2.24, 2.45) is 11.8 Å². The molecule has 2 rings (SSSR count). The van der Waals surface area contributed by atoms with Gasteiger partial charge in [-0.1, -0.05) is 6.42 Å². The minimum absolute atomic E-state index is 0.186. The number of aliphatic hydroxyl groups excluding tert-OH is 1. The number of ether oxygens (including phenoxy) is 2. The molecular formula is C11H20O3. The zero-order valence-electron chi connectivity index (χ0n) is 8.98. The molecule has 3 nitrogen and oxygen atoms in total. The highest BCUT2D eigenvalue weighted by molar-refractivity contribution is 4.92. The summed E-state index contributed by atoms with van der Waals surface area (Å²) in [5, 5.41) is 9.85. The first-order valence-electron chi connectivity index (χ1n) is 5.56. The topological polar surface area (TPSA) is 38.7 Å². The highest BCUT2D eigenvalue weighted by Crippen LogP contribution is 2.40. The van der Waals surface area contributed by atoms with E-state index in [2.05, 4.69) is 6.92 Å². The second-order valence-corrected chi connectivity index (χ2v) is 4.55. The smallest absolute Gasteiger partial charge is 0.0830 e. The molecule has 2 fully saturated rings. The van der Waals surface area contributed by atoms with Gasteiger partial charge >= 0.3 is 0 Å². The summed E-state index contributed by atoms with van der Waals surface area (Å²) in [7, 11) is 1.77. The first kappa shape index (κ1) is 10.4. The van der Waals surface area contributed by atoms with Crippen LogP contribution in [-0.4, -0.2) is 37.1 Å². The summed E-state index contributed by atoms with van der Waals surface area (Å²) < 4.78 is 10.9. The van der Waals surface area contributed by atoms with Gasteiger partial charge in [0.15, 0.2) is 0 Å². The van der Waals surface area contributed by atoms with Gasteiger partial charge in [-0.05, 0) is 25.7 Å². The van der Waals surface area contributed by atoms with Gasteiger partial charge in [0.2, 0.25) is 0 Å². The van der Waals surface area contributed by atoms with Gasteiger partial charge in [-0.15, -0.1) is 0 Å². The van der Waals surface area contributed by atoms with Crippen LogP contribution in [0.1, 0.15) is 26.2 Å². The van der Waals surface area contributed by atoms with Crippen LogP contribution in [0.5, 0.6) is 0 Å². The second kappa shape index (κ2) is 4.17. The normalized spacial score (nSPS) is 48.6. The molecule has 82 valence electrons. The molecule has 1 saturated heterocycles. The van der Waals surface area contributed by atoms with Crippen LogP contribution in [0.3, 0.4) is 0 Å². The molecule has 0 aromatic carbocycles. The van der Waals surface area contributed by atoms with Crippen LogP contribution in [0.25, 0.3) is 0 Å². The van der Waals surface area contributed by atoms with Gasteiger partial charge < -0.3 is 14.6 Å². The van der Waals surface area contributed by atoms with Crippen LogP contribution in [0.15, 0.2) is 0 Å². The van der Waals surface area contributed by atoms with Gasteiger partial charge in [0.25, 0.3) is 0 Å². The van der Waals surface area contributed by atoms with Crippen LogP contribution in [0.4, 0.5) is 0 Å². The van der Waals surface area contributed by atoms with Crippen LogP contribution >= 0.6 is 0 Å². The summed E-state index contributed by atoms with van der Waals surface area (Å²) in [6.07, 6.45) is 3.76. The lowest BCUT2D eigenvalue weighted by atomic mass is 9.83. The van der Waals surface area contributed by atoms with Gasteiger partial charge in [0, 0.05) is 13.0 Å². The average molecular weight is 200 g/mol. The van der Waals surface area contributed by atoms with Crippen molar-refractivity contribution in [3.63, 3.8) is 0 Å². The summed E-state index contributed by atoms with van der Waals surface area (Å²) >= 11 is 0. The molecule has 1 saturated carbocycles. The predicted octanol–water partition coefficient (Wildman–Crippen LogP) is 1.20. The molecular weight excluding hydrogens is 180 g/mol. The second-order valence-electron chi connectivity index (χ2n) is 4.55. The van der Waals surface area contributed by atoms with Crippen LogP contribution in [-0.2, 0) is 9.47 Å². The molecule has 0 aromatic rings. The van der Waals surface area contributed by atoms with Crippen molar-refractivity contribution >= 4 is 0 Å². The lowest BCUT2D eigenvalue weighted by Gasteiger charge is -2.28. The summed E-state index contributed by atoms with van der Waals surface area (Å²) in [6.45, 7) is 2.56. The number of hydrogen-bond donors (Lipinski definition) is 1. The van der Waals surface area contributed by atoms with E-state index in [0.29, 0.717) is 18.6 Å². The summed E-state index contributed by atoms with van der Waals surface area (Å²) in [4.78, 5) is 0. The Balaban J connectivity index is 2.05. The Bertz CT molecular complexity index is 185. The van der Waals surface area contributed by atoms with Gasteiger partial charge in [0.1, 0.15) is 0 Å². The number of methoxy groups -OCH3 is 1. The molecule has 0 bridgehead atoms. The Morgan fingerprint density at radius 1 is 1.36 bits per heavy atom. The summed E-state index contributed by atoms with van der Waals surface area (Å²) in [5.74, 6) is 0.773. The standard InChI is InChI=1S/C11H20O3/c1-7-11(9(12)6-14-7)8-4-3-5-10(8)13-2/h7-12H,3-6H2,1-2H3. The number of hydrogen-bond acceptors (Lipinski definition) is 3. The minimum Gasteiger partial charge on any atom is -0.390 e. The molecule has 1 aliphatic heterocycles. The maximum absolute atomic E-state index is 9.85. The molecule has 0 radical (unpaired) electrons. The maximum atomic E-state index is 9.85. The first-order valence-corrected chi connectivity index (χ1v) is 5.56. The number of aliphatic hydroxyl groups is 1. The average Bonchev–Trinajstić information content (AvgIpc) is 2.73. The van der Waals surface area contributed by atoms with E-state index in [-0.39, 0.29) is 18.1 Å². The fourth-order valence-corrected chi connectivity index (χ4v) is 3.11. The van der Waals surface area contributed by atoms with Gasteiger partial charge in [-0.25, -0.2) is 0 Å². The molecule has 1 N–H and O–H groups in total. The fraction of sp³-hybridized carbons (Fsp3) is 1.00. The monoisotopic (exact) mass is 200 g/mol. The Morgan fingerprint density at radius 3 is 2.71 bits per heavy atom. The Morgan fingerprint density at radius 2 is 2.14 bits per heavy atom. The van der Waals surface area contributed by atoms with E-state index in [1.165, 1.54) is 12.8 Å². The van der Waals surface area contributed by atoms with Gasteiger partial charge in [-0.2, -0.15) is 0 Å². The Hall–Kier alpha value is -0.120. The van der Waals surface area contributed by atoms with E-state index in [4.69, 9.17) is 9.47 Å². The quantitative estimate of drug-likeness (QED) is 0.728. The third-order valence-corrected chi connectivity index (χ3v) is 3.82. The molecule has 5 unspecified atom stereocenters. The Labute approximate surface area is 85.4 Å². The zero-order valence-corrected chi connectivity index (χ0v) is 8.98. The number of rotatable bonds is 2. The van der Waals surface area contributed by atoms with Crippen molar-refractivity contribution in [1.82, 2.24) is 0 Å². The lowest BCUT2D eigenvalue weighted by Crippen LogP contribution is -2.35.